The zero-order valence-electron chi connectivity index (χ0n) is 28.0. The zero-order chi connectivity index (χ0) is 34.9. The minimum absolute atomic E-state index is 0.615. The number of benzene rings is 7. The number of rotatable bonds is 5. The van der Waals surface area contributed by atoms with Crippen molar-refractivity contribution in [1.29, 1.82) is 0 Å². The summed E-state index contributed by atoms with van der Waals surface area (Å²) in [5, 5.41) is 4.83. The number of oxazole rings is 1. The molecule has 0 amide bonds. The smallest absolute Gasteiger partial charge is 0.227 e. The molecule has 0 aliphatic heterocycles. The lowest BCUT2D eigenvalue weighted by Gasteiger charge is -2.10. The van der Waals surface area contributed by atoms with Crippen LogP contribution in [0.3, 0.4) is 0 Å². The Morgan fingerprint density at radius 3 is 1.96 bits per heavy atom. The van der Waals surface area contributed by atoms with Crippen molar-refractivity contribution in [1.82, 2.24) is 19.9 Å². The molecular weight excluding hydrogens is 689 g/mol. The number of nitrogens with zero attached hydrogens (tertiary/aromatic N) is 4. The highest BCUT2D eigenvalue weighted by molar-refractivity contribution is 7.26. The Morgan fingerprint density at radius 2 is 1.04 bits per heavy atom. The van der Waals surface area contributed by atoms with Crippen LogP contribution in [0.5, 0.6) is 0 Å². The summed E-state index contributed by atoms with van der Waals surface area (Å²) >= 11 is 3.58. The van der Waals surface area contributed by atoms with Crippen molar-refractivity contribution in [2.45, 2.75) is 0 Å². The second-order valence-electron chi connectivity index (χ2n) is 13.0. The summed E-state index contributed by atoms with van der Waals surface area (Å²) in [6.45, 7) is 0. The molecule has 0 atom stereocenters. The lowest BCUT2D eigenvalue weighted by molar-refractivity contribution is 0.620. The fourth-order valence-corrected chi connectivity index (χ4v) is 9.48. The lowest BCUT2D eigenvalue weighted by Crippen LogP contribution is -2.00. The Balaban J connectivity index is 1.07. The predicted molar refractivity (Wildman–Crippen MR) is 220 cm³/mol. The summed E-state index contributed by atoms with van der Waals surface area (Å²) in [7, 11) is 0. The highest BCUT2D eigenvalue weighted by Gasteiger charge is 2.18. The third-order valence-electron chi connectivity index (χ3n) is 9.78. The summed E-state index contributed by atoms with van der Waals surface area (Å²) in [6, 6.07) is 54.7. The first kappa shape index (κ1) is 30.1. The zero-order valence-corrected chi connectivity index (χ0v) is 29.7. The monoisotopic (exact) mass is 714 g/mol. The molecule has 7 heteroatoms. The first-order valence-corrected chi connectivity index (χ1v) is 19.0. The van der Waals surface area contributed by atoms with Gasteiger partial charge in [0.05, 0.1) is 0 Å². The number of aromatic nitrogens is 4. The molecular formula is C46H26N4OS2. The molecule has 7 aromatic carbocycles. The van der Waals surface area contributed by atoms with Gasteiger partial charge < -0.3 is 4.42 Å². The van der Waals surface area contributed by atoms with Gasteiger partial charge in [-0.3, -0.25) is 0 Å². The van der Waals surface area contributed by atoms with E-state index in [0.29, 0.717) is 23.4 Å². The van der Waals surface area contributed by atoms with Crippen molar-refractivity contribution in [3.63, 3.8) is 0 Å². The van der Waals surface area contributed by atoms with Gasteiger partial charge in [0.15, 0.2) is 23.1 Å². The van der Waals surface area contributed by atoms with E-state index in [4.69, 9.17) is 24.4 Å². The van der Waals surface area contributed by atoms with E-state index in [-0.39, 0.29) is 0 Å². The SMILES string of the molecule is c1ccc(-c2nc(-c3ccc4c(c3)sc3ccccc34)nc(-c3cccc4sc5ccc(-c6cccc(-c7nc8ccccc8o7)c6)cc5c34)n2)cc1. The van der Waals surface area contributed by atoms with Gasteiger partial charge in [-0.25, -0.2) is 19.9 Å². The van der Waals surface area contributed by atoms with Crippen LogP contribution in [0.15, 0.2) is 162 Å². The average molecular weight is 715 g/mol. The molecule has 5 nitrogen and oxygen atoms in total. The molecule has 0 radical (unpaired) electrons. The summed E-state index contributed by atoms with van der Waals surface area (Å²) < 4.78 is 11.0. The number of para-hydroxylation sites is 2. The highest BCUT2D eigenvalue weighted by Crippen LogP contribution is 2.42. The molecule has 248 valence electrons. The van der Waals surface area contributed by atoms with Crippen molar-refractivity contribution in [2.24, 2.45) is 0 Å². The number of hydrogen-bond donors (Lipinski definition) is 0. The maximum atomic E-state index is 6.12. The molecule has 11 aromatic rings. The summed E-state index contributed by atoms with van der Waals surface area (Å²) in [5.41, 5.74) is 7.67. The summed E-state index contributed by atoms with van der Waals surface area (Å²) in [6.07, 6.45) is 0. The van der Waals surface area contributed by atoms with E-state index in [1.165, 1.54) is 35.0 Å². The number of hydrogen-bond acceptors (Lipinski definition) is 7. The summed E-state index contributed by atoms with van der Waals surface area (Å²) in [5.74, 6) is 2.57. The largest absolute Gasteiger partial charge is 0.436 e. The van der Waals surface area contributed by atoms with Crippen LogP contribution in [0.2, 0.25) is 0 Å². The van der Waals surface area contributed by atoms with Crippen molar-refractivity contribution >= 4 is 74.1 Å². The number of fused-ring (bicyclic) bond motifs is 7. The van der Waals surface area contributed by atoms with Crippen LogP contribution >= 0.6 is 22.7 Å². The van der Waals surface area contributed by atoms with E-state index in [1.54, 1.807) is 22.7 Å². The van der Waals surface area contributed by atoms with Crippen LogP contribution in [0.1, 0.15) is 0 Å². The van der Waals surface area contributed by atoms with Crippen LogP contribution in [0.25, 0.3) is 108 Å². The molecule has 0 N–H and O–H groups in total. The molecule has 11 rings (SSSR count). The topological polar surface area (TPSA) is 64.7 Å². The average Bonchev–Trinajstić information content (AvgIpc) is 3.94. The lowest BCUT2D eigenvalue weighted by atomic mass is 9.99. The van der Waals surface area contributed by atoms with E-state index < -0.39 is 0 Å². The van der Waals surface area contributed by atoms with Crippen molar-refractivity contribution in [2.75, 3.05) is 0 Å². The molecule has 0 bridgehead atoms. The first-order valence-electron chi connectivity index (χ1n) is 17.4. The molecule has 0 fully saturated rings. The van der Waals surface area contributed by atoms with Crippen molar-refractivity contribution in [3.05, 3.63) is 158 Å². The molecule has 0 spiro atoms. The van der Waals surface area contributed by atoms with E-state index in [9.17, 15) is 0 Å². The highest BCUT2D eigenvalue weighted by atomic mass is 32.1. The van der Waals surface area contributed by atoms with E-state index in [2.05, 4.69) is 109 Å². The second-order valence-corrected chi connectivity index (χ2v) is 15.2. The maximum Gasteiger partial charge on any atom is 0.227 e. The first-order chi connectivity index (χ1) is 26.2. The normalized spacial score (nSPS) is 11.8. The third-order valence-corrected chi connectivity index (χ3v) is 12.0. The maximum absolute atomic E-state index is 6.12. The quantitative estimate of drug-likeness (QED) is 0.178. The third kappa shape index (κ3) is 5.12. The van der Waals surface area contributed by atoms with Crippen LogP contribution in [0.4, 0.5) is 0 Å². The van der Waals surface area contributed by atoms with Gasteiger partial charge in [0.2, 0.25) is 5.89 Å². The van der Waals surface area contributed by atoms with Gasteiger partial charge in [0.1, 0.15) is 5.52 Å². The van der Waals surface area contributed by atoms with Gasteiger partial charge in [-0.2, -0.15) is 0 Å². The molecule has 4 aromatic heterocycles. The summed E-state index contributed by atoms with van der Waals surface area (Å²) in [4.78, 5) is 20.2. The Labute approximate surface area is 311 Å². The van der Waals surface area contributed by atoms with Crippen molar-refractivity contribution < 1.29 is 4.42 Å². The number of thiophene rings is 2. The Kier molecular flexibility index (Phi) is 6.83. The van der Waals surface area contributed by atoms with Crippen molar-refractivity contribution in [3.8, 4) is 56.7 Å². The van der Waals surface area contributed by atoms with Crippen LogP contribution in [-0.2, 0) is 0 Å². The molecule has 0 saturated carbocycles. The predicted octanol–water partition coefficient (Wildman–Crippen LogP) is 13.1. The van der Waals surface area contributed by atoms with Crippen LogP contribution in [0, 0.1) is 0 Å². The molecule has 0 saturated heterocycles. The molecule has 0 aliphatic rings. The van der Waals surface area contributed by atoms with Crippen LogP contribution < -0.4 is 0 Å². The Morgan fingerprint density at radius 1 is 0.377 bits per heavy atom. The van der Waals surface area contributed by atoms with E-state index >= 15 is 0 Å². The Bertz CT molecular complexity index is 3160. The van der Waals surface area contributed by atoms with Gasteiger partial charge in [0, 0.05) is 62.6 Å². The Hall–Kier alpha value is -6.54. The minimum atomic E-state index is 0.615. The minimum Gasteiger partial charge on any atom is -0.436 e. The molecule has 4 heterocycles. The van der Waals surface area contributed by atoms with Crippen LogP contribution in [-0.4, -0.2) is 19.9 Å². The van der Waals surface area contributed by atoms with E-state index in [0.717, 1.165) is 49.9 Å². The van der Waals surface area contributed by atoms with Gasteiger partial charge in [-0.15, -0.1) is 22.7 Å². The standard InChI is InChI=1S/C46H26N4OS2/c1-2-10-27(11-3-1)43-48-44(30-20-22-33-32-14-4-7-18-38(32)53-41(33)26-30)50-45(49-43)34-15-9-19-40-42(34)35-25-29(21-23-39(35)52-40)28-12-8-13-31(24-28)46-47-36-16-5-6-17-37(36)51-46/h1-26H. The molecule has 0 unspecified atom stereocenters. The molecule has 53 heavy (non-hydrogen) atoms. The van der Waals surface area contributed by atoms with Gasteiger partial charge in [-0.1, -0.05) is 103 Å². The second kappa shape index (κ2) is 12.0. The molecule has 0 aliphatic carbocycles. The van der Waals surface area contributed by atoms with Gasteiger partial charge >= 0.3 is 0 Å². The van der Waals surface area contributed by atoms with E-state index in [1.807, 2.05) is 48.5 Å². The fraction of sp³-hybridized carbons (Fsp3) is 0. The van der Waals surface area contributed by atoms with Gasteiger partial charge in [0.25, 0.3) is 0 Å². The fourth-order valence-electron chi connectivity index (χ4n) is 7.23. The van der Waals surface area contributed by atoms with Gasteiger partial charge in [-0.05, 0) is 65.7 Å².